The molecule has 1 N–H and O–H groups in total. The lowest BCUT2D eigenvalue weighted by Gasteiger charge is -2.25. The number of nitrogens with zero attached hydrogens (tertiary/aromatic N) is 1. The van der Waals surface area contributed by atoms with Crippen molar-refractivity contribution in [2.24, 2.45) is 0 Å². The Hall–Kier alpha value is -0.430. The second-order valence-corrected chi connectivity index (χ2v) is 8.35. The molecule has 0 aliphatic carbocycles. The SMILES string of the molecule is CN(CCS(=O)(=O)c1ccc(Br)cc1)CC(C)(C)O. The van der Waals surface area contributed by atoms with E-state index in [1.54, 1.807) is 45.2 Å². The first-order chi connectivity index (χ1) is 8.60. The van der Waals surface area contributed by atoms with E-state index in [0.29, 0.717) is 18.0 Å². The molecule has 0 unspecified atom stereocenters. The number of likely N-dealkylation sites (N-methyl/N-ethyl adjacent to an activating group) is 1. The second-order valence-electron chi connectivity index (χ2n) is 5.32. The Kier molecular flexibility index (Phi) is 5.55. The quantitative estimate of drug-likeness (QED) is 0.852. The van der Waals surface area contributed by atoms with Crippen LogP contribution < -0.4 is 0 Å². The number of hydrogen-bond donors (Lipinski definition) is 1. The van der Waals surface area contributed by atoms with Gasteiger partial charge in [-0.05, 0) is 45.2 Å². The number of hydrogen-bond acceptors (Lipinski definition) is 4. The van der Waals surface area contributed by atoms with E-state index in [0.717, 1.165) is 4.47 Å². The smallest absolute Gasteiger partial charge is 0.179 e. The minimum atomic E-state index is -3.27. The summed E-state index contributed by atoms with van der Waals surface area (Å²) in [4.78, 5) is 2.14. The zero-order valence-corrected chi connectivity index (χ0v) is 13.8. The minimum Gasteiger partial charge on any atom is -0.389 e. The Morgan fingerprint density at radius 3 is 2.26 bits per heavy atom. The lowest BCUT2D eigenvalue weighted by molar-refractivity contribution is 0.0463. The molecule has 0 atom stereocenters. The van der Waals surface area contributed by atoms with Gasteiger partial charge in [-0.1, -0.05) is 15.9 Å². The molecule has 0 radical (unpaired) electrons. The van der Waals surface area contributed by atoms with Crippen LogP contribution in [0.1, 0.15) is 13.8 Å². The topological polar surface area (TPSA) is 57.6 Å². The van der Waals surface area contributed by atoms with Crippen LogP contribution in [0.5, 0.6) is 0 Å². The molecule has 0 bridgehead atoms. The monoisotopic (exact) mass is 349 g/mol. The first-order valence-electron chi connectivity index (χ1n) is 5.99. The predicted molar refractivity (Wildman–Crippen MR) is 80.0 cm³/mol. The summed E-state index contributed by atoms with van der Waals surface area (Å²) in [5.41, 5.74) is -0.823. The third kappa shape index (κ3) is 6.03. The van der Waals surface area contributed by atoms with Gasteiger partial charge in [0.25, 0.3) is 0 Å². The van der Waals surface area contributed by atoms with Crippen LogP contribution in [0, 0.1) is 0 Å². The molecule has 108 valence electrons. The van der Waals surface area contributed by atoms with Crippen molar-refractivity contribution < 1.29 is 13.5 Å². The van der Waals surface area contributed by atoms with Crippen LogP contribution in [0.15, 0.2) is 33.6 Å². The molecule has 1 aromatic rings. The summed E-state index contributed by atoms with van der Waals surface area (Å²) < 4.78 is 25.1. The number of rotatable bonds is 6. The van der Waals surface area contributed by atoms with Gasteiger partial charge in [0, 0.05) is 17.6 Å². The van der Waals surface area contributed by atoms with Crippen LogP contribution in [0.2, 0.25) is 0 Å². The van der Waals surface area contributed by atoms with Crippen molar-refractivity contribution in [2.45, 2.75) is 24.3 Å². The molecule has 0 aliphatic heterocycles. The van der Waals surface area contributed by atoms with Crippen molar-refractivity contribution in [1.29, 1.82) is 0 Å². The molecule has 0 aliphatic rings. The molecule has 0 fully saturated rings. The fourth-order valence-corrected chi connectivity index (χ4v) is 3.38. The molecule has 4 nitrogen and oxygen atoms in total. The maximum absolute atomic E-state index is 12.1. The molecule has 19 heavy (non-hydrogen) atoms. The highest BCUT2D eigenvalue weighted by Gasteiger charge is 2.19. The zero-order chi connectivity index (χ0) is 14.7. The average molecular weight is 350 g/mol. The van der Waals surface area contributed by atoms with E-state index in [1.165, 1.54) is 0 Å². The summed E-state index contributed by atoms with van der Waals surface area (Å²) >= 11 is 3.28. The van der Waals surface area contributed by atoms with Crippen LogP contribution in [-0.4, -0.2) is 49.9 Å². The van der Waals surface area contributed by atoms with Crippen molar-refractivity contribution >= 4 is 25.8 Å². The number of aliphatic hydroxyl groups is 1. The first-order valence-corrected chi connectivity index (χ1v) is 8.44. The Morgan fingerprint density at radius 2 is 1.79 bits per heavy atom. The van der Waals surface area contributed by atoms with E-state index >= 15 is 0 Å². The highest BCUT2D eigenvalue weighted by Crippen LogP contribution is 2.16. The normalized spacial score (nSPS) is 12.9. The maximum Gasteiger partial charge on any atom is 0.179 e. The molecule has 1 aromatic carbocycles. The van der Waals surface area contributed by atoms with E-state index in [4.69, 9.17) is 0 Å². The third-order valence-corrected chi connectivity index (χ3v) is 4.81. The van der Waals surface area contributed by atoms with Crippen LogP contribution in [0.25, 0.3) is 0 Å². The highest BCUT2D eigenvalue weighted by atomic mass is 79.9. The van der Waals surface area contributed by atoms with E-state index < -0.39 is 15.4 Å². The first kappa shape index (κ1) is 16.6. The van der Waals surface area contributed by atoms with E-state index in [-0.39, 0.29) is 5.75 Å². The number of halogens is 1. The summed E-state index contributed by atoms with van der Waals surface area (Å²) in [5.74, 6) is 0.0429. The van der Waals surface area contributed by atoms with Crippen molar-refractivity contribution in [1.82, 2.24) is 4.90 Å². The Bertz CT molecular complexity index is 506. The molecule has 0 spiro atoms. The van der Waals surface area contributed by atoms with Gasteiger partial charge in [-0.3, -0.25) is 0 Å². The number of benzene rings is 1. The van der Waals surface area contributed by atoms with Crippen LogP contribution in [0.4, 0.5) is 0 Å². The standard InChI is InChI=1S/C13H20BrNO3S/c1-13(2,16)10-15(3)8-9-19(17,18)12-6-4-11(14)5-7-12/h4-7,16H,8-10H2,1-3H3. The van der Waals surface area contributed by atoms with E-state index in [2.05, 4.69) is 15.9 Å². The second kappa shape index (κ2) is 6.35. The van der Waals surface area contributed by atoms with Gasteiger partial charge < -0.3 is 10.0 Å². The van der Waals surface area contributed by atoms with Crippen LogP contribution >= 0.6 is 15.9 Å². The molecule has 0 amide bonds. The fourth-order valence-electron chi connectivity index (χ4n) is 1.78. The summed E-state index contributed by atoms with van der Waals surface area (Å²) in [6.45, 7) is 4.23. The number of sulfone groups is 1. The summed E-state index contributed by atoms with van der Waals surface area (Å²) in [5, 5.41) is 9.67. The Balaban J connectivity index is 2.63. The van der Waals surface area contributed by atoms with E-state index in [1.807, 2.05) is 4.90 Å². The molecule has 0 saturated carbocycles. The van der Waals surface area contributed by atoms with Crippen LogP contribution in [-0.2, 0) is 9.84 Å². The van der Waals surface area contributed by atoms with Gasteiger partial charge in [0.05, 0.1) is 16.2 Å². The summed E-state index contributed by atoms with van der Waals surface area (Å²) in [7, 11) is -1.47. The Morgan fingerprint density at radius 1 is 1.26 bits per heavy atom. The lowest BCUT2D eigenvalue weighted by atomic mass is 10.1. The molecule has 0 saturated heterocycles. The molecule has 6 heteroatoms. The zero-order valence-electron chi connectivity index (χ0n) is 11.4. The van der Waals surface area contributed by atoms with Crippen LogP contribution in [0.3, 0.4) is 0 Å². The van der Waals surface area contributed by atoms with Gasteiger partial charge in [-0.25, -0.2) is 8.42 Å². The predicted octanol–water partition coefficient (Wildman–Crippen LogP) is 1.93. The third-order valence-electron chi connectivity index (χ3n) is 2.57. The van der Waals surface area contributed by atoms with Crippen molar-refractivity contribution in [3.8, 4) is 0 Å². The fraction of sp³-hybridized carbons (Fsp3) is 0.538. The summed E-state index contributed by atoms with van der Waals surface area (Å²) in [6, 6.07) is 6.62. The minimum absolute atomic E-state index is 0.0429. The van der Waals surface area contributed by atoms with Crippen molar-refractivity contribution in [3.05, 3.63) is 28.7 Å². The van der Waals surface area contributed by atoms with Gasteiger partial charge in [0.2, 0.25) is 0 Å². The van der Waals surface area contributed by atoms with E-state index in [9.17, 15) is 13.5 Å². The van der Waals surface area contributed by atoms with Gasteiger partial charge in [0.15, 0.2) is 9.84 Å². The van der Waals surface area contributed by atoms with Gasteiger partial charge in [-0.2, -0.15) is 0 Å². The largest absolute Gasteiger partial charge is 0.389 e. The maximum atomic E-state index is 12.1. The average Bonchev–Trinajstić information content (AvgIpc) is 2.25. The molecular weight excluding hydrogens is 330 g/mol. The van der Waals surface area contributed by atoms with Gasteiger partial charge >= 0.3 is 0 Å². The Labute approximate surface area is 123 Å². The van der Waals surface area contributed by atoms with Gasteiger partial charge in [-0.15, -0.1) is 0 Å². The van der Waals surface area contributed by atoms with Gasteiger partial charge in [0.1, 0.15) is 0 Å². The molecule has 0 aromatic heterocycles. The lowest BCUT2D eigenvalue weighted by Crippen LogP contribution is -2.38. The molecule has 0 heterocycles. The molecule has 1 rings (SSSR count). The van der Waals surface area contributed by atoms with Crippen molar-refractivity contribution in [3.63, 3.8) is 0 Å². The highest BCUT2D eigenvalue weighted by molar-refractivity contribution is 9.10. The molecular formula is C13H20BrNO3S. The van der Waals surface area contributed by atoms with Crippen molar-refractivity contribution in [2.75, 3.05) is 25.9 Å². The summed E-state index contributed by atoms with van der Waals surface area (Å²) in [6.07, 6.45) is 0.